The molecule has 0 bridgehead atoms. The Morgan fingerprint density at radius 1 is 1.30 bits per heavy atom. The van der Waals surface area contributed by atoms with Crippen LogP contribution >= 0.6 is 0 Å². The number of imidazole rings is 1. The molecule has 3 rings (SSSR count). The van der Waals surface area contributed by atoms with Gasteiger partial charge in [-0.2, -0.15) is 5.10 Å². The smallest absolute Gasteiger partial charge is 0.237 e. The lowest BCUT2D eigenvalue weighted by atomic mass is 9.96. The Balaban J connectivity index is 1.62. The monoisotopic (exact) mass is 372 g/mol. The lowest BCUT2D eigenvalue weighted by Crippen LogP contribution is -2.40. The maximum absolute atomic E-state index is 12.7. The zero-order valence-electron chi connectivity index (χ0n) is 16.3. The predicted molar refractivity (Wildman–Crippen MR) is 101 cm³/mol. The molecule has 0 radical (unpaired) electrons. The molecule has 0 aromatic carbocycles. The topological polar surface area (TPSA) is 99.0 Å². The first-order valence-corrected chi connectivity index (χ1v) is 9.44. The minimum absolute atomic E-state index is 0.122. The van der Waals surface area contributed by atoms with Gasteiger partial charge in [0.1, 0.15) is 12.4 Å². The first-order valence-electron chi connectivity index (χ1n) is 9.44. The third-order valence-electron chi connectivity index (χ3n) is 5.49. The van der Waals surface area contributed by atoms with E-state index < -0.39 is 5.91 Å². The van der Waals surface area contributed by atoms with Gasteiger partial charge in [0.2, 0.25) is 11.8 Å². The third kappa shape index (κ3) is 4.20. The van der Waals surface area contributed by atoms with Crippen LogP contribution in [-0.4, -0.2) is 49.1 Å². The van der Waals surface area contributed by atoms with Gasteiger partial charge in [0.05, 0.1) is 5.69 Å². The number of nitrogens with two attached hydrogens (primary N) is 1. The van der Waals surface area contributed by atoms with E-state index in [4.69, 9.17) is 5.73 Å². The Labute approximate surface area is 159 Å². The Morgan fingerprint density at radius 2 is 2.07 bits per heavy atom. The van der Waals surface area contributed by atoms with Gasteiger partial charge in [-0.15, -0.1) is 0 Å². The van der Waals surface area contributed by atoms with E-state index in [0.717, 1.165) is 36.6 Å². The molecular formula is C19H28N6O2. The molecule has 0 spiro atoms. The number of primary amides is 1. The van der Waals surface area contributed by atoms with Gasteiger partial charge in [0, 0.05) is 50.1 Å². The van der Waals surface area contributed by atoms with Crippen molar-refractivity contribution in [1.82, 2.24) is 24.2 Å². The Kier molecular flexibility index (Phi) is 5.62. The molecule has 146 valence electrons. The second-order valence-corrected chi connectivity index (χ2v) is 7.33. The van der Waals surface area contributed by atoms with Crippen LogP contribution in [0.25, 0.3) is 0 Å². The van der Waals surface area contributed by atoms with Crippen molar-refractivity contribution in [1.29, 1.82) is 0 Å². The number of nitrogens with zero attached hydrogens (tertiary/aromatic N) is 5. The van der Waals surface area contributed by atoms with Crippen molar-refractivity contribution in [2.24, 2.45) is 5.73 Å². The first-order chi connectivity index (χ1) is 12.9. The van der Waals surface area contributed by atoms with Crippen LogP contribution in [-0.2, 0) is 22.7 Å². The van der Waals surface area contributed by atoms with Crippen LogP contribution in [0.3, 0.4) is 0 Å². The van der Waals surface area contributed by atoms with E-state index in [0.29, 0.717) is 19.5 Å². The molecule has 2 aromatic rings. The number of carbonyl (C=O) groups excluding carboxylic acids is 2. The summed E-state index contributed by atoms with van der Waals surface area (Å²) in [5.41, 5.74) is 8.63. The summed E-state index contributed by atoms with van der Waals surface area (Å²) in [4.78, 5) is 30.3. The second kappa shape index (κ2) is 7.94. The first kappa shape index (κ1) is 19.1. The van der Waals surface area contributed by atoms with Gasteiger partial charge in [0.25, 0.3) is 0 Å². The van der Waals surface area contributed by atoms with E-state index in [-0.39, 0.29) is 18.4 Å². The number of carbonyl (C=O) groups is 2. The van der Waals surface area contributed by atoms with Gasteiger partial charge < -0.3 is 15.2 Å². The molecule has 2 aromatic heterocycles. The number of hydrogen-bond acceptors (Lipinski definition) is 4. The van der Waals surface area contributed by atoms with Crippen LogP contribution in [0.1, 0.15) is 48.0 Å². The van der Waals surface area contributed by atoms with Crippen molar-refractivity contribution >= 4 is 11.8 Å². The molecule has 8 heteroatoms. The summed E-state index contributed by atoms with van der Waals surface area (Å²) in [5, 5.41) is 4.51. The molecule has 0 unspecified atom stereocenters. The fraction of sp³-hybridized carbons (Fsp3) is 0.579. The van der Waals surface area contributed by atoms with Crippen LogP contribution in [0, 0.1) is 20.8 Å². The highest BCUT2D eigenvalue weighted by molar-refractivity contribution is 5.76. The van der Waals surface area contributed by atoms with Crippen LogP contribution in [0.5, 0.6) is 0 Å². The van der Waals surface area contributed by atoms with E-state index in [1.54, 1.807) is 17.0 Å². The summed E-state index contributed by atoms with van der Waals surface area (Å²) in [6.07, 6.45) is 5.77. The lowest BCUT2D eigenvalue weighted by molar-refractivity contribution is -0.132. The zero-order valence-corrected chi connectivity index (χ0v) is 16.3. The highest BCUT2D eigenvalue weighted by Gasteiger charge is 2.27. The molecule has 2 N–H and O–H groups in total. The SMILES string of the molecule is Cc1nn(CCC(=O)N2CCC[C@@H](c3nccn3CC(N)=O)C2)c(C)c1C. The summed E-state index contributed by atoms with van der Waals surface area (Å²) < 4.78 is 3.71. The third-order valence-corrected chi connectivity index (χ3v) is 5.49. The van der Waals surface area contributed by atoms with E-state index >= 15 is 0 Å². The molecule has 1 atom stereocenters. The fourth-order valence-electron chi connectivity index (χ4n) is 3.76. The Hall–Kier alpha value is -2.64. The standard InChI is InChI=1S/C19H28N6O2/c1-13-14(2)22-25(15(13)3)9-6-18(27)23-8-4-5-16(11-23)19-21-7-10-24(19)12-17(20)26/h7,10,16H,4-6,8-9,11-12H2,1-3H3,(H2,20,26)/t16-/m1/s1. The van der Waals surface area contributed by atoms with Crippen molar-refractivity contribution in [2.75, 3.05) is 13.1 Å². The number of amides is 2. The predicted octanol–water partition coefficient (Wildman–Crippen LogP) is 1.29. The highest BCUT2D eigenvalue weighted by atomic mass is 16.2. The maximum atomic E-state index is 12.7. The number of piperidine rings is 1. The minimum Gasteiger partial charge on any atom is -0.368 e. The molecule has 3 heterocycles. The molecule has 0 aliphatic carbocycles. The lowest BCUT2D eigenvalue weighted by Gasteiger charge is -2.32. The summed E-state index contributed by atoms with van der Waals surface area (Å²) in [7, 11) is 0. The van der Waals surface area contributed by atoms with E-state index in [1.165, 1.54) is 5.56 Å². The number of likely N-dealkylation sites (tertiary alicyclic amines) is 1. The molecule has 1 aliphatic rings. The molecule has 0 saturated carbocycles. The number of rotatable bonds is 6. The molecule has 1 fully saturated rings. The number of aryl methyl sites for hydroxylation is 2. The molecular weight excluding hydrogens is 344 g/mol. The fourth-order valence-corrected chi connectivity index (χ4v) is 3.76. The normalized spacial score (nSPS) is 17.3. The second-order valence-electron chi connectivity index (χ2n) is 7.33. The van der Waals surface area contributed by atoms with Crippen LogP contribution < -0.4 is 5.73 Å². The summed E-state index contributed by atoms with van der Waals surface area (Å²) in [5.74, 6) is 0.713. The van der Waals surface area contributed by atoms with Gasteiger partial charge in [-0.05, 0) is 39.2 Å². The number of hydrogen-bond donors (Lipinski definition) is 1. The van der Waals surface area contributed by atoms with Crippen LogP contribution in [0.2, 0.25) is 0 Å². The Bertz CT molecular complexity index is 837. The summed E-state index contributed by atoms with van der Waals surface area (Å²) >= 11 is 0. The van der Waals surface area contributed by atoms with E-state index in [2.05, 4.69) is 17.0 Å². The average Bonchev–Trinajstić information content (AvgIpc) is 3.19. The van der Waals surface area contributed by atoms with Crippen molar-refractivity contribution in [2.45, 2.75) is 59.0 Å². The van der Waals surface area contributed by atoms with Crippen molar-refractivity contribution in [3.05, 3.63) is 35.2 Å². The van der Waals surface area contributed by atoms with E-state index in [9.17, 15) is 9.59 Å². The molecule has 1 aliphatic heterocycles. The zero-order chi connectivity index (χ0) is 19.6. The Morgan fingerprint density at radius 3 is 2.74 bits per heavy atom. The van der Waals surface area contributed by atoms with Gasteiger partial charge in [-0.25, -0.2) is 4.98 Å². The largest absolute Gasteiger partial charge is 0.368 e. The molecule has 8 nitrogen and oxygen atoms in total. The van der Waals surface area contributed by atoms with Crippen LogP contribution in [0.15, 0.2) is 12.4 Å². The van der Waals surface area contributed by atoms with Crippen molar-refractivity contribution in [3.63, 3.8) is 0 Å². The minimum atomic E-state index is -0.391. The molecule has 1 saturated heterocycles. The van der Waals surface area contributed by atoms with Gasteiger partial charge in [-0.3, -0.25) is 14.3 Å². The van der Waals surface area contributed by atoms with Gasteiger partial charge >= 0.3 is 0 Å². The maximum Gasteiger partial charge on any atom is 0.237 e. The average molecular weight is 372 g/mol. The van der Waals surface area contributed by atoms with E-state index in [1.807, 2.05) is 23.4 Å². The van der Waals surface area contributed by atoms with Gasteiger partial charge in [0.15, 0.2) is 0 Å². The highest BCUT2D eigenvalue weighted by Crippen LogP contribution is 2.26. The quantitative estimate of drug-likeness (QED) is 0.826. The summed E-state index contributed by atoms with van der Waals surface area (Å²) in [6.45, 7) is 8.19. The van der Waals surface area contributed by atoms with Crippen molar-refractivity contribution in [3.8, 4) is 0 Å². The number of aromatic nitrogens is 4. The molecule has 27 heavy (non-hydrogen) atoms. The molecule has 2 amide bonds. The van der Waals surface area contributed by atoms with Gasteiger partial charge in [-0.1, -0.05) is 0 Å². The summed E-state index contributed by atoms with van der Waals surface area (Å²) in [6, 6.07) is 0. The van der Waals surface area contributed by atoms with Crippen molar-refractivity contribution < 1.29 is 9.59 Å². The van der Waals surface area contributed by atoms with Crippen LogP contribution in [0.4, 0.5) is 0 Å².